The van der Waals surface area contributed by atoms with Crippen LogP contribution < -0.4 is 0 Å². The summed E-state index contributed by atoms with van der Waals surface area (Å²) in [5.41, 5.74) is 2.02. The first kappa shape index (κ1) is 19.5. The van der Waals surface area contributed by atoms with E-state index in [-0.39, 0.29) is 23.1 Å². The summed E-state index contributed by atoms with van der Waals surface area (Å²) in [6, 6.07) is 28.5. The highest BCUT2D eigenvalue weighted by molar-refractivity contribution is 6.28. The van der Waals surface area contributed by atoms with Crippen LogP contribution >= 0.6 is 0 Å². The summed E-state index contributed by atoms with van der Waals surface area (Å²) in [5, 5.41) is 23.0. The Morgan fingerprint density at radius 2 is 0.594 bits per heavy atom. The van der Waals surface area contributed by atoms with E-state index in [0.717, 1.165) is 0 Å². The second-order valence-corrected chi connectivity index (χ2v) is 7.54. The van der Waals surface area contributed by atoms with Gasteiger partial charge in [-0.05, 0) is 0 Å². The SMILES string of the molecule is O=C1c2ccccc2C(=O)c2ccccc21.Oc1c2ccccc2c(O)c2ccccc12. The van der Waals surface area contributed by atoms with Crippen LogP contribution in [-0.2, 0) is 0 Å². The molecule has 0 aliphatic heterocycles. The van der Waals surface area contributed by atoms with Gasteiger partial charge in [0.1, 0.15) is 11.5 Å². The number of benzene rings is 5. The molecule has 0 saturated carbocycles. The molecule has 0 atom stereocenters. The summed E-state index contributed by atoms with van der Waals surface area (Å²) in [6.07, 6.45) is 0. The van der Waals surface area contributed by atoms with Crippen molar-refractivity contribution in [2.45, 2.75) is 0 Å². The maximum Gasteiger partial charge on any atom is 0.194 e. The number of fused-ring (bicyclic) bond motifs is 4. The number of phenols is 2. The zero-order valence-electron chi connectivity index (χ0n) is 16.9. The molecule has 0 amide bonds. The van der Waals surface area contributed by atoms with Crippen molar-refractivity contribution >= 4 is 33.1 Å². The van der Waals surface area contributed by atoms with Gasteiger partial charge in [0.25, 0.3) is 0 Å². The van der Waals surface area contributed by atoms with Crippen LogP contribution in [0.25, 0.3) is 21.5 Å². The number of carbonyl (C=O) groups is 2. The minimum Gasteiger partial charge on any atom is -0.507 e. The van der Waals surface area contributed by atoms with Crippen molar-refractivity contribution in [2.24, 2.45) is 0 Å². The number of phenolic OH excluding ortho intramolecular Hbond substituents is 2. The van der Waals surface area contributed by atoms with Gasteiger partial charge in [-0.3, -0.25) is 9.59 Å². The molecule has 0 bridgehead atoms. The second-order valence-electron chi connectivity index (χ2n) is 7.54. The third-order valence-corrected chi connectivity index (χ3v) is 5.71. The average Bonchev–Trinajstić information content (AvgIpc) is 2.86. The van der Waals surface area contributed by atoms with Gasteiger partial charge in [-0.15, -0.1) is 0 Å². The van der Waals surface area contributed by atoms with Crippen LogP contribution in [0.2, 0.25) is 0 Å². The standard InChI is InChI=1S/C14H10O2.C14H8O2/c2*15-13-9-5-1-2-6-10(9)14(16)12-8-4-3-7-11(12)13/h1-8,15-16H;1-8H. The fourth-order valence-corrected chi connectivity index (χ4v) is 4.13. The molecule has 5 aromatic rings. The van der Waals surface area contributed by atoms with Gasteiger partial charge in [-0.2, -0.15) is 0 Å². The molecule has 0 unspecified atom stereocenters. The molecule has 154 valence electrons. The van der Waals surface area contributed by atoms with E-state index in [1.54, 1.807) is 72.8 Å². The van der Waals surface area contributed by atoms with Crippen molar-refractivity contribution in [1.82, 2.24) is 0 Å². The van der Waals surface area contributed by atoms with Crippen LogP contribution in [0.1, 0.15) is 31.8 Å². The number of ketones is 2. The molecular weight excluding hydrogens is 400 g/mol. The van der Waals surface area contributed by atoms with Crippen molar-refractivity contribution in [1.29, 1.82) is 0 Å². The predicted octanol–water partition coefficient (Wildman–Crippen LogP) is 5.87. The lowest BCUT2D eigenvalue weighted by Crippen LogP contribution is -2.20. The van der Waals surface area contributed by atoms with Crippen LogP contribution in [0.3, 0.4) is 0 Å². The highest BCUT2D eigenvalue weighted by Crippen LogP contribution is 2.40. The molecule has 32 heavy (non-hydrogen) atoms. The minimum atomic E-state index is -0.0641. The summed E-state index contributed by atoms with van der Waals surface area (Å²) < 4.78 is 0. The van der Waals surface area contributed by atoms with Gasteiger partial charge in [0.15, 0.2) is 11.6 Å². The molecule has 1 aliphatic rings. The summed E-state index contributed by atoms with van der Waals surface area (Å²) in [6.45, 7) is 0. The first-order valence-corrected chi connectivity index (χ1v) is 10.2. The van der Waals surface area contributed by atoms with Gasteiger partial charge < -0.3 is 10.2 Å². The highest BCUT2D eigenvalue weighted by atomic mass is 16.3. The monoisotopic (exact) mass is 418 g/mol. The third-order valence-electron chi connectivity index (χ3n) is 5.71. The van der Waals surface area contributed by atoms with Gasteiger partial charge >= 0.3 is 0 Å². The molecule has 0 saturated heterocycles. The molecular formula is C28H18O4. The quantitative estimate of drug-likeness (QED) is 0.239. The Kier molecular flexibility index (Phi) is 4.68. The average molecular weight is 418 g/mol. The molecule has 0 fully saturated rings. The third kappa shape index (κ3) is 3.01. The van der Waals surface area contributed by atoms with Crippen molar-refractivity contribution in [3.63, 3.8) is 0 Å². The van der Waals surface area contributed by atoms with Gasteiger partial charge in [0, 0.05) is 43.8 Å². The number of rotatable bonds is 0. The van der Waals surface area contributed by atoms with Crippen LogP contribution in [0.4, 0.5) is 0 Å². The molecule has 0 radical (unpaired) electrons. The first-order chi connectivity index (χ1) is 15.6. The molecule has 0 heterocycles. The predicted molar refractivity (Wildman–Crippen MR) is 125 cm³/mol. The number of aromatic hydroxyl groups is 2. The van der Waals surface area contributed by atoms with E-state index in [1.165, 1.54) is 0 Å². The van der Waals surface area contributed by atoms with Crippen molar-refractivity contribution < 1.29 is 19.8 Å². The molecule has 4 heteroatoms. The largest absolute Gasteiger partial charge is 0.507 e. The van der Waals surface area contributed by atoms with Crippen LogP contribution in [-0.4, -0.2) is 21.8 Å². The van der Waals surface area contributed by atoms with Crippen LogP contribution in [0.15, 0.2) is 97.1 Å². The summed E-state index contributed by atoms with van der Waals surface area (Å²) in [5.74, 6) is 0.324. The van der Waals surface area contributed by atoms with E-state index < -0.39 is 0 Å². The van der Waals surface area contributed by atoms with E-state index in [4.69, 9.17) is 0 Å². The van der Waals surface area contributed by atoms with Crippen LogP contribution in [0, 0.1) is 0 Å². The topological polar surface area (TPSA) is 74.6 Å². The maximum atomic E-state index is 12.1. The number of hydrogen-bond acceptors (Lipinski definition) is 4. The maximum absolute atomic E-state index is 12.1. The molecule has 0 aromatic heterocycles. The van der Waals surface area contributed by atoms with E-state index in [1.807, 2.05) is 24.3 Å². The molecule has 4 nitrogen and oxygen atoms in total. The van der Waals surface area contributed by atoms with Gasteiger partial charge in [-0.25, -0.2) is 0 Å². The molecule has 2 N–H and O–H groups in total. The Morgan fingerprint density at radius 3 is 0.844 bits per heavy atom. The molecule has 6 rings (SSSR count). The summed E-state index contributed by atoms with van der Waals surface area (Å²) >= 11 is 0. The lowest BCUT2D eigenvalue weighted by Gasteiger charge is -2.16. The summed E-state index contributed by atoms with van der Waals surface area (Å²) in [7, 11) is 0. The van der Waals surface area contributed by atoms with E-state index >= 15 is 0 Å². The van der Waals surface area contributed by atoms with Crippen LogP contribution in [0.5, 0.6) is 11.5 Å². The number of hydrogen-bond donors (Lipinski definition) is 2. The van der Waals surface area contributed by atoms with Gasteiger partial charge in [0.2, 0.25) is 0 Å². The lowest BCUT2D eigenvalue weighted by atomic mass is 9.84. The fourth-order valence-electron chi connectivity index (χ4n) is 4.13. The Morgan fingerprint density at radius 1 is 0.375 bits per heavy atom. The van der Waals surface area contributed by atoms with E-state index in [0.29, 0.717) is 43.8 Å². The molecule has 0 spiro atoms. The Hall–Kier alpha value is -4.44. The normalized spacial score (nSPS) is 12.1. The smallest absolute Gasteiger partial charge is 0.194 e. The second kappa shape index (κ2) is 7.67. The van der Waals surface area contributed by atoms with Crippen molar-refractivity contribution in [2.75, 3.05) is 0 Å². The fraction of sp³-hybridized carbons (Fsp3) is 0. The summed E-state index contributed by atoms with van der Waals surface area (Å²) in [4.78, 5) is 24.2. The van der Waals surface area contributed by atoms with Crippen molar-refractivity contribution in [3.05, 3.63) is 119 Å². The highest BCUT2D eigenvalue weighted by Gasteiger charge is 2.28. The Balaban J connectivity index is 0.000000135. The molecule has 1 aliphatic carbocycles. The minimum absolute atomic E-state index is 0.0641. The van der Waals surface area contributed by atoms with Gasteiger partial charge in [-0.1, -0.05) is 97.1 Å². The van der Waals surface area contributed by atoms with Crippen molar-refractivity contribution in [3.8, 4) is 11.5 Å². The first-order valence-electron chi connectivity index (χ1n) is 10.2. The Bertz CT molecular complexity index is 1310. The van der Waals surface area contributed by atoms with Gasteiger partial charge in [0.05, 0.1) is 0 Å². The number of carbonyl (C=O) groups excluding carboxylic acids is 2. The lowest BCUT2D eigenvalue weighted by molar-refractivity contribution is 0.0979. The zero-order chi connectivity index (χ0) is 22.2. The Labute approximate surface area is 184 Å². The van der Waals surface area contributed by atoms with E-state index in [2.05, 4.69) is 0 Å². The molecule has 5 aromatic carbocycles. The van der Waals surface area contributed by atoms with E-state index in [9.17, 15) is 19.8 Å². The zero-order valence-corrected chi connectivity index (χ0v) is 16.9.